The van der Waals surface area contributed by atoms with Crippen LogP contribution in [0.3, 0.4) is 0 Å². The van der Waals surface area contributed by atoms with Crippen LogP contribution in [0, 0.1) is 25.0 Å². The minimum atomic E-state index is -0.910. The molecule has 0 atom stereocenters. The van der Waals surface area contributed by atoms with Crippen molar-refractivity contribution in [2.75, 3.05) is 0 Å². The number of rotatable bonds is 2. The number of halogens is 1. The zero-order valence-corrected chi connectivity index (χ0v) is 11.3. The molecule has 15 heavy (non-hydrogen) atoms. The van der Waals surface area contributed by atoms with Gasteiger partial charge in [-0.3, -0.25) is 0 Å². The summed E-state index contributed by atoms with van der Waals surface area (Å²) in [5.74, 6) is -1.81. The number of nitrogens with zero attached hydrogens (tertiary/aromatic N) is 1. The molecular formula is C9H10FN2O2Y-. The minimum Gasteiger partial charge on any atom is -0.667 e. The fraction of sp³-hybridized carbons (Fsp3) is 0.333. The van der Waals surface area contributed by atoms with Gasteiger partial charge in [0.1, 0.15) is 0 Å². The normalized spacial score (nSPS) is 9.53. The average molecular weight is 286 g/mol. The van der Waals surface area contributed by atoms with E-state index in [1.807, 2.05) is 0 Å². The summed E-state index contributed by atoms with van der Waals surface area (Å²) >= 11 is 0. The first-order chi connectivity index (χ1) is 6.43. The smallest absolute Gasteiger partial charge is 0.374 e. The van der Waals surface area contributed by atoms with Crippen LogP contribution in [-0.4, -0.2) is 5.91 Å². The van der Waals surface area contributed by atoms with Gasteiger partial charge in [0.25, 0.3) is 0 Å². The van der Waals surface area contributed by atoms with Gasteiger partial charge in [-0.25, -0.2) is 0 Å². The first-order valence-electron chi connectivity index (χ1n) is 4.06. The van der Waals surface area contributed by atoms with Crippen molar-refractivity contribution in [2.24, 2.45) is 0 Å². The Morgan fingerprint density at radius 3 is 2.53 bits per heavy atom. The molecule has 6 heteroatoms. The van der Waals surface area contributed by atoms with E-state index in [9.17, 15) is 14.4 Å². The zero-order chi connectivity index (χ0) is 10.9. The van der Waals surface area contributed by atoms with E-state index >= 15 is 0 Å². The number of aryl methyl sites for hydroxylation is 2. The summed E-state index contributed by atoms with van der Waals surface area (Å²) in [6.07, 6.45) is -0.355. The molecule has 1 amide bonds. The third-order valence-corrected chi connectivity index (χ3v) is 1.97. The molecule has 0 aliphatic rings. The van der Waals surface area contributed by atoms with Gasteiger partial charge in [-0.2, -0.15) is 0 Å². The van der Waals surface area contributed by atoms with Crippen molar-refractivity contribution < 1.29 is 46.6 Å². The third-order valence-electron chi connectivity index (χ3n) is 1.97. The van der Waals surface area contributed by atoms with Crippen molar-refractivity contribution in [1.29, 1.82) is 0 Å². The van der Waals surface area contributed by atoms with E-state index in [4.69, 9.17) is 5.73 Å². The molecule has 1 aromatic heterocycles. The average Bonchev–Trinajstić information content (AvgIpc) is 2.09. The van der Waals surface area contributed by atoms with Crippen molar-refractivity contribution in [2.45, 2.75) is 20.3 Å². The molecule has 0 saturated heterocycles. The SMILES string of the molecule is Cc1cc(C)c(CC([NH-])=O)[n+]([O-])c1F.[Y]. The predicted octanol–water partition coefficient (Wildman–Crippen LogP) is 1.19. The van der Waals surface area contributed by atoms with Crippen LogP contribution >= 0.6 is 0 Å². The monoisotopic (exact) mass is 286 g/mol. The van der Waals surface area contributed by atoms with Gasteiger partial charge in [-0.15, -0.1) is 9.12 Å². The quantitative estimate of drug-likeness (QED) is 0.465. The molecule has 1 heterocycles. The summed E-state index contributed by atoms with van der Waals surface area (Å²) in [5.41, 5.74) is 7.49. The molecule has 1 radical (unpaired) electrons. The van der Waals surface area contributed by atoms with Crippen LogP contribution < -0.4 is 4.73 Å². The van der Waals surface area contributed by atoms with Gasteiger partial charge in [0, 0.05) is 38.3 Å². The summed E-state index contributed by atoms with van der Waals surface area (Å²) in [5, 5.41) is 11.3. The van der Waals surface area contributed by atoms with Crippen molar-refractivity contribution in [3.05, 3.63) is 39.8 Å². The van der Waals surface area contributed by atoms with E-state index in [2.05, 4.69) is 0 Å². The second-order valence-electron chi connectivity index (χ2n) is 3.14. The molecule has 4 nitrogen and oxygen atoms in total. The van der Waals surface area contributed by atoms with E-state index in [0.717, 1.165) is 0 Å². The van der Waals surface area contributed by atoms with Gasteiger partial charge < -0.3 is 15.7 Å². The van der Waals surface area contributed by atoms with Gasteiger partial charge in [-0.05, 0) is 19.9 Å². The molecular weight excluding hydrogens is 276 g/mol. The van der Waals surface area contributed by atoms with Crippen molar-refractivity contribution >= 4 is 5.91 Å². The van der Waals surface area contributed by atoms with Crippen LogP contribution in [0.5, 0.6) is 0 Å². The van der Waals surface area contributed by atoms with Crippen LogP contribution in [0.1, 0.15) is 16.8 Å². The Hall–Kier alpha value is -0.546. The molecule has 0 spiro atoms. The molecule has 1 aromatic rings. The van der Waals surface area contributed by atoms with Gasteiger partial charge in [0.05, 0.1) is 17.9 Å². The fourth-order valence-corrected chi connectivity index (χ4v) is 1.27. The predicted molar refractivity (Wildman–Crippen MR) is 47.9 cm³/mol. The van der Waals surface area contributed by atoms with Crippen LogP contribution in [0.2, 0.25) is 0 Å². The number of carbonyl (C=O) groups excluding carboxylic acids is 1. The summed E-state index contributed by atoms with van der Waals surface area (Å²) in [6, 6.07) is 1.49. The molecule has 79 valence electrons. The third kappa shape index (κ3) is 3.21. The standard InChI is InChI=1S/C9H11FN2O2.Y/c1-5-3-6(2)9(10)12(14)7(5)4-8(11)13;/h3H,4H2,1-2H3,(H2,11,13);/p-1. The Labute approximate surface area is 112 Å². The van der Waals surface area contributed by atoms with Gasteiger partial charge in [0.2, 0.25) is 5.69 Å². The van der Waals surface area contributed by atoms with E-state index < -0.39 is 11.9 Å². The van der Waals surface area contributed by atoms with E-state index in [1.54, 1.807) is 6.92 Å². The second-order valence-corrected chi connectivity index (χ2v) is 3.14. The number of amides is 1. The summed E-state index contributed by atoms with van der Waals surface area (Å²) in [4.78, 5) is 10.5. The molecule has 0 saturated carbocycles. The fourth-order valence-electron chi connectivity index (χ4n) is 1.27. The molecule has 0 unspecified atom stereocenters. The molecule has 1 rings (SSSR count). The van der Waals surface area contributed by atoms with Gasteiger partial charge in [0.15, 0.2) is 0 Å². The first-order valence-corrected chi connectivity index (χ1v) is 4.06. The second kappa shape index (κ2) is 5.51. The van der Waals surface area contributed by atoms with Crippen molar-refractivity contribution in [3.8, 4) is 0 Å². The van der Waals surface area contributed by atoms with E-state index in [1.165, 1.54) is 13.0 Å². The van der Waals surface area contributed by atoms with Crippen LogP contribution in [-0.2, 0) is 43.9 Å². The Morgan fingerprint density at radius 1 is 1.53 bits per heavy atom. The number of hydrogen-bond donors (Lipinski definition) is 0. The molecule has 0 bridgehead atoms. The summed E-state index contributed by atoms with van der Waals surface area (Å²) < 4.78 is 13.2. The largest absolute Gasteiger partial charge is 0.667 e. The molecule has 0 aromatic carbocycles. The molecule has 0 aliphatic carbocycles. The number of nitrogens with one attached hydrogen (secondary N) is 1. The maximum Gasteiger partial charge on any atom is 0.374 e. The number of hydrogen-bond acceptors (Lipinski definition) is 2. The van der Waals surface area contributed by atoms with Gasteiger partial charge in [-0.1, -0.05) is 0 Å². The Kier molecular flexibility index (Phi) is 5.31. The van der Waals surface area contributed by atoms with Crippen LogP contribution in [0.4, 0.5) is 4.39 Å². The maximum absolute atomic E-state index is 13.1. The van der Waals surface area contributed by atoms with Crippen LogP contribution in [0.15, 0.2) is 6.07 Å². The molecule has 0 fully saturated rings. The summed E-state index contributed by atoms with van der Waals surface area (Å²) in [6.45, 7) is 3.09. The number of aromatic nitrogens is 1. The van der Waals surface area contributed by atoms with Crippen molar-refractivity contribution in [3.63, 3.8) is 0 Å². The number of pyridine rings is 1. The van der Waals surface area contributed by atoms with E-state index in [0.29, 0.717) is 5.56 Å². The molecule has 0 aliphatic heterocycles. The minimum absolute atomic E-state index is 0. The Bertz CT molecular complexity index is 396. The number of carbonyl (C=O) groups is 1. The Balaban J connectivity index is 0.00000196. The molecule has 1 N–H and O–H groups in total. The van der Waals surface area contributed by atoms with E-state index in [-0.39, 0.29) is 55.1 Å². The topological polar surface area (TPSA) is 67.8 Å². The van der Waals surface area contributed by atoms with Crippen molar-refractivity contribution in [1.82, 2.24) is 0 Å². The summed E-state index contributed by atoms with van der Waals surface area (Å²) in [7, 11) is 0. The van der Waals surface area contributed by atoms with Gasteiger partial charge >= 0.3 is 5.95 Å². The maximum atomic E-state index is 13.1. The Morgan fingerprint density at radius 2 is 2.07 bits per heavy atom. The zero-order valence-electron chi connectivity index (χ0n) is 8.50. The first kappa shape index (κ1) is 14.5. The van der Waals surface area contributed by atoms with Crippen LogP contribution in [0.25, 0.3) is 5.73 Å².